The molecule has 3 N–H and O–H groups in total. The van der Waals surface area contributed by atoms with E-state index in [0.29, 0.717) is 5.69 Å². The summed E-state index contributed by atoms with van der Waals surface area (Å²) in [6.07, 6.45) is 3.81. The highest BCUT2D eigenvalue weighted by atomic mass is 35.5. The quantitative estimate of drug-likeness (QED) is 0.644. The van der Waals surface area contributed by atoms with E-state index < -0.39 is 29.2 Å². The minimum atomic E-state index is -1.15. The summed E-state index contributed by atoms with van der Waals surface area (Å²) < 4.78 is 13.3. The third-order valence-electron chi connectivity index (χ3n) is 5.16. The van der Waals surface area contributed by atoms with Crippen LogP contribution in [0.5, 0.6) is 0 Å². The molecule has 1 atom stereocenters. The van der Waals surface area contributed by atoms with Gasteiger partial charge >= 0.3 is 6.03 Å². The summed E-state index contributed by atoms with van der Waals surface area (Å²) in [6, 6.07) is 3.37. The lowest BCUT2D eigenvalue weighted by molar-refractivity contribution is -0.126. The zero-order valence-electron chi connectivity index (χ0n) is 14.5. The number of rotatable bonds is 5. The predicted molar refractivity (Wildman–Crippen MR) is 95.4 cm³/mol. The molecule has 1 saturated carbocycles. The topological polar surface area (TPSA) is 118 Å². The van der Waals surface area contributed by atoms with Gasteiger partial charge in [0.15, 0.2) is 5.69 Å². The van der Waals surface area contributed by atoms with Gasteiger partial charge in [-0.3, -0.25) is 14.9 Å². The van der Waals surface area contributed by atoms with Gasteiger partial charge in [-0.1, -0.05) is 18.0 Å². The van der Waals surface area contributed by atoms with E-state index in [4.69, 9.17) is 11.6 Å². The van der Waals surface area contributed by atoms with Gasteiger partial charge in [-0.25, -0.2) is 9.18 Å². The van der Waals surface area contributed by atoms with Crippen LogP contribution in [0.2, 0.25) is 5.02 Å². The van der Waals surface area contributed by atoms with E-state index in [9.17, 15) is 18.8 Å². The molecule has 2 aromatic rings. The van der Waals surface area contributed by atoms with Crippen molar-refractivity contribution in [3.63, 3.8) is 0 Å². The number of urea groups is 1. The van der Waals surface area contributed by atoms with Gasteiger partial charge in [0, 0.05) is 0 Å². The van der Waals surface area contributed by atoms with Crippen molar-refractivity contribution >= 4 is 29.4 Å². The van der Waals surface area contributed by atoms with Gasteiger partial charge in [0.2, 0.25) is 0 Å². The molecule has 1 unspecified atom stereocenters. The number of nitrogens with zero attached hydrogens (tertiary/aromatic N) is 3. The Morgan fingerprint density at radius 3 is 2.79 bits per heavy atom. The lowest BCUT2D eigenvalue weighted by Crippen LogP contribution is -2.61. The van der Waals surface area contributed by atoms with Crippen molar-refractivity contribution in [1.29, 1.82) is 0 Å². The van der Waals surface area contributed by atoms with Gasteiger partial charge in [-0.2, -0.15) is 9.90 Å². The Kier molecular flexibility index (Phi) is 4.50. The van der Waals surface area contributed by atoms with Crippen LogP contribution in [-0.4, -0.2) is 44.9 Å². The third kappa shape index (κ3) is 3.09. The molecule has 4 rings (SSSR count). The van der Waals surface area contributed by atoms with Crippen LogP contribution in [-0.2, 0) is 4.79 Å². The van der Waals surface area contributed by atoms with Crippen molar-refractivity contribution in [2.75, 3.05) is 6.54 Å². The maximum atomic E-state index is 13.3. The molecule has 2 heterocycles. The van der Waals surface area contributed by atoms with Gasteiger partial charge in [0.1, 0.15) is 11.4 Å². The van der Waals surface area contributed by atoms with E-state index in [2.05, 4.69) is 26.1 Å². The van der Waals surface area contributed by atoms with E-state index in [-0.39, 0.29) is 23.2 Å². The Bertz CT molecular complexity index is 976. The fourth-order valence-electron chi connectivity index (χ4n) is 3.37. The van der Waals surface area contributed by atoms with Crippen LogP contribution in [0.1, 0.15) is 29.8 Å². The Hall–Kier alpha value is -3.01. The second-order valence-electron chi connectivity index (χ2n) is 6.81. The summed E-state index contributed by atoms with van der Waals surface area (Å²) in [5.41, 5.74) is -0.751. The predicted octanol–water partition coefficient (Wildman–Crippen LogP) is 1.17. The van der Waals surface area contributed by atoms with Gasteiger partial charge in [0.05, 0.1) is 23.5 Å². The Morgan fingerprint density at radius 1 is 1.39 bits per heavy atom. The van der Waals surface area contributed by atoms with E-state index in [0.717, 1.165) is 24.1 Å². The molecule has 1 aliphatic heterocycles. The molecule has 2 fully saturated rings. The summed E-state index contributed by atoms with van der Waals surface area (Å²) in [7, 11) is 0. The largest absolute Gasteiger partial charge is 0.348 e. The maximum Gasteiger partial charge on any atom is 0.322 e. The number of carbonyl (C=O) groups excluding carboxylic acids is 3. The highest BCUT2D eigenvalue weighted by Gasteiger charge is 2.53. The number of amides is 4. The molecule has 9 nitrogen and oxygen atoms in total. The molecule has 28 heavy (non-hydrogen) atoms. The van der Waals surface area contributed by atoms with E-state index >= 15 is 0 Å². The number of hydrogen-bond acceptors (Lipinski definition) is 5. The monoisotopic (exact) mass is 406 g/mol. The summed E-state index contributed by atoms with van der Waals surface area (Å²) in [5.74, 6) is -1.59. The first-order valence-corrected chi connectivity index (χ1v) is 9.06. The highest BCUT2D eigenvalue weighted by molar-refractivity contribution is 6.30. The van der Waals surface area contributed by atoms with Crippen molar-refractivity contribution in [1.82, 2.24) is 30.9 Å². The van der Waals surface area contributed by atoms with E-state index in [1.807, 2.05) is 0 Å². The summed E-state index contributed by atoms with van der Waals surface area (Å²) >= 11 is 5.75. The summed E-state index contributed by atoms with van der Waals surface area (Å²) in [4.78, 5) is 37.6. The zero-order valence-corrected chi connectivity index (χ0v) is 15.3. The van der Waals surface area contributed by atoms with Crippen LogP contribution < -0.4 is 16.0 Å². The first kappa shape index (κ1) is 18.4. The standard InChI is InChI=1S/C17H16ClFN6O3/c18-11-6-10(4-5-12(11)19)25-21-7-13(24-25)14(26)20-8-17(9-2-1-3-9)15(27)22-16(28)23-17/h4-7,9H,1-3,8H2,(H,20,26)(H2,22,23,27,28). The van der Waals surface area contributed by atoms with E-state index in [1.54, 1.807) is 0 Å². The number of carbonyl (C=O) groups is 3. The molecule has 0 bridgehead atoms. The molecular weight excluding hydrogens is 391 g/mol. The van der Waals surface area contributed by atoms with Crippen LogP contribution >= 0.6 is 11.6 Å². The smallest absolute Gasteiger partial charge is 0.322 e. The molecule has 1 aromatic carbocycles. The SMILES string of the molecule is O=C1NC(=O)C(CNC(=O)c2cnn(-c3ccc(F)c(Cl)c3)n2)(C2CCC2)N1. The van der Waals surface area contributed by atoms with Crippen molar-refractivity contribution in [2.45, 2.75) is 24.8 Å². The highest BCUT2D eigenvalue weighted by Crippen LogP contribution is 2.37. The second-order valence-corrected chi connectivity index (χ2v) is 7.21. The molecule has 4 amide bonds. The van der Waals surface area contributed by atoms with Gasteiger partial charge in [-0.15, -0.1) is 5.10 Å². The number of nitrogens with one attached hydrogen (secondary N) is 3. The first-order valence-electron chi connectivity index (χ1n) is 8.68. The molecule has 1 aromatic heterocycles. The van der Waals surface area contributed by atoms with Crippen LogP contribution in [0.4, 0.5) is 9.18 Å². The third-order valence-corrected chi connectivity index (χ3v) is 5.45. The van der Waals surface area contributed by atoms with E-state index in [1.165, 1.54) is 24.4 Å². The second kappa shape index (κ2) is 6.86. The fourth-order valence-corrected chi connectivity index (χ4v) is 3.55. The number of aromatic nitrogens is 3. The van der Waals surface area contributed by atoms with Gasteiger partial charge < -0.3 is 10.6 Å². The lowest BCUT2D eigenvalue weighted by Gasteiger charge is -2.40. The summed E-state index contributed by atoms with van der Waals surface area (Å²) in [5, 5.41) is 15.5. The Balaban J connectivity index is 1.48. The Labute approximate surface area is 163 Å². The molecule has 1 aliphatic carbocycles. The van der Waals surface area contributed by atoms with Crippen LogP contribution in [0.3, 0.4) is 0 Å². The Morgan fingerprint density at radius 2 is 2.18 bits per heavy atom. The molecule has 1 saturated heterocycles. The van der Waals surface area contributed by atoms with Gasteiger partial charge in [-0.05, 0) is 37.0 Å². The average molecular weight is 407 g/mol. The fraction of sp³-hybridized carbons (Fsp3) is 0.353. The maximum absolute atomic E-state index is 13.3. The number of halogens is 2. The van der Waals surface area contributed by atoms with Crippen molar-refractivity contribution < 1.29 is 18.8 Å². The normalized spacial score (nSPS) is 21.8. The number of hydrogen-bond donors (Lipinski definition) is 3. The number of benzene rings is 1. The van der Waals surface area contributed by atoms with Gasteiger partial charge in [0.25, 0.3) is 11.8 Å². The lowest BCUT2D eigenvalue weighted by atomic mass is 9.70. The zero-order chi connectivity index (χ0) is 19.9. The molecular formula is C17H16ClFN6O3. The van der Waals surface area contributed by atoms with Crippen LogP contribution in [0.15, 0.2) is 24.4 Å². The van der Waals surface area contributed by atoms with Crippen molar-refractivity contribution in [2.24, 2.45) is 5.92 Å². The van der Waals surface area contributed by atoms with Crippen molar-refractivity contribution in [3.05, 3.63) is 40.9 Å². The average Bonchev–Trinajstić information content (AvgIpc) is 3.19. The summed E-state index contributed by atoms with van der Waals surface area (Å²) in [6.45, 7) is -0.0523. The van der Waals surface area contributed by atoms with Crippen LogP contribution in [0, 0.1) is 11.7 Å². The van der Waals surface area contributed by atoms with Crippen molar-refractivity contribution in [3.8, 4) is 5.69 Å². The minimum absolute atomic E-state index is 0.00828. The molecule has 0 radical (unpaired) electrons. The molecule has 11 heteroatoms. The minimum Gasteiger partial charge on any atom is -0.348 e. The first-order chi connectivity index (χ1) is 13.4. The van der Waals surface area contributed by atoms with Crippen LogP contribution in [0.25, 0.3) is 5.69 Å². The number of imide groups is 1. The molecule has 2 aliphatic rings. The molecule has 146 valence electrons. The molecule has 0 spiro atoms.